The monoisotopic (exact) mass is 671 g/mol. The van der Waals surface area contributed by atoms with Crippen molar-refractivity contribution in [3.63, 3.8) is 0 Å². The number of thiazole rings is 1. The van der Waals surface area contributed by atoms with Gasteiger partial charge in [-0.05, 0) is 31.7 Å². The standard InChI is InChI=1S/C33H37N9O5S/c1-18(2)26-30-39-27(20(4)47-30)29(45)35-19(3)31-37-24(17-48-31)28(44)36-22(13-21-9-7-6-8-10-21)15-41(16-25(43)38-26)33(46)23-14-34-42-12-11-40(5)32(23)42/h6-12,14,17-19,22,26H,13,15-16H2,1-5H3,(H,35,45)(H,36,44)(H,38,43)/t19-,22-,26+/m1/s1. The maximum Gasteiger partial charge on any atom is 0.274 e. The summed E-state index contributed by atoms with van der Waals surface area (Å²) in [5.41, 5.74) is 2.06. The normalized spacial score (nSPS) is 19.5. The van der Waals surface area contributed by atoms with Gasteiger partial charge in [0.1, 0.15) is 33.7 Å². The zero-order valence-corrected chi connectivity index (χ0v) is 28.1. The molecule has 0 spiro atoms. The summed E-state index contributed by atoms with van der Waals surface area (Å²) < 4.78 is 9.29. The summed E-state index contributed by atoms with van der Waals surface area (Å²) in [4.78, 5) is 65.4. The van der Waals surface area contributed by atoms with Gasteiger partial charge >= 0.3 is 0 Å². The molecule has 5 aromatic rings. The highest BCUT2D eigenvalue weighted by Gasteiger charge is 2.32. The van der Waals surface area contributed by atoms with Gasteiger partial charge in [0.2, 0.25) is 11.8 Å². The summed E-state index contributed by atoms with van der Waals surface area (Å²) in [5.74, 6) is -1.51. The lowest BCUT2D eigenvalue weighted by molar-refractivity contribution is -0.123. The fourth-order valence-corrected chi connectivity index (χ4v) is 6.57. The van der Waals surface area contributed by atoms with Crippen LogP contribution in [-0.4, -0.2) is 71.8 Å². The van der Waals surface area contributed by atoms with Crippen molar-refractivity contribution in [3.8, 4) is 0 Å². The number of fused-ring (bicyclic) bond motifs is 5. The molecule has 6 rings (SSSR count). The predicted octanol–water partition coefficient (Wildman–Crippen LogP) is 3.23. The van der Waals surface area contributed by atoms with Crippen molar-refractivity contribution in [2.45, 2.75) is 52.2 Å². The van der Waals surface area contributed by atoms with E-state index in [-0.39, 0.29) is 36.3 Å². The zero-order valence-electron chi connectivity index (χ0n) is 27.3. The molecular weight excluding hydrogens is 634 g/mol. The molecule has 1 aromatic carbocycles. The number of aryl methyl sites for hydroxylation is 2. The van der Waals surface area contributed by atoms with Gasteiger partial charge in [-0.25, -0.2) is 14.5 Å². The van der Waals surface area contributed by atoms with E-state index in [9.17, 15) is 19.2 Å². The Labute approximate surface area is 280 Å². The number of imidazole rings is 1. The lowest BCUT2D eigenvalue weighted by atomic mass is 10.0. The molecule has 0 saturated carbocycles. The third-order valence-corrected chi connectivity index (χ3v) is 9.27. The smallest absolute Gasteiger partial charge is 0.274 e. The molecule has 14 nitrogen and oxygen atoms in total. The number of carbonyl (C=O) groups is 4. The number of nitrogens with one attached hydrogen (secondary N) is 3. The summed E-state index contributed by atoms with van der Waals surface area (Å²) in [5, 5.41) is 15.4. The molecule has 48 heavy (non-hydrogen) atoms. The number of nitrogens with zero attached hydrogens (tertiary/aromatic N) is 6. The van der Waals surface area contributed by atoms with E-state index in [1.807, 2.05) is 44.2 Å². The molecule has 4 bridgehead atoms. The molecule has 4 amide bonds. The highest BCUT2D eigenvalue weighted by atomic mass is 32.1. The fraction of sp³-hybridized carbons (Fsp3) is 0.364. The van der Waals surface area contributed by atoms with Crippen LogP contribution in [-0.2, 0) is 18.3 Å². The molecule has 1 aliphatic heterocycles. The Kier molecular flexibility index (Phi) is 9.13. The van der Waals surface area contributed by atoms with Gasteiger partial charge in [0.15, 0.2) is 5.69 Å². The van der Waals surface area contributed by atoms with E-state index in [0.717, 1.165) is 5.56 Å². The average molecular weight is 672 g/mol. The van der Waals surface area contributed by atoms with Gasteiger partial charge in [0, 0.05) is 31.4 Å². The van der Waals surface area contributed by atoms with Gasteiger partial charge in [-0.2, -0.15) is 5.10 Å². The maximum absolute atomic E-state index is 14.3. The van der Waals surface area contributed by atoms with E-state index in [1.165, 1.54) is 22.4 Å². The average Bonchev–Trinajstić information content (AvgIpc) is 3.85. The molecular formula is C33H37N9O5S. The summed E-state index contributed by atoms with van der Waals surface area (Å²) in [6.45, 7) is 6.86. The van der Waals surface area contributed by atoms with Crippen LogP contribution in [0.1, 0.15) is 86.4 Å². The summed E-state index contributed by atoms with van der Waals surface area (Å²) in [6.07, 6.45) is 5.37. The number of aromatic nitrogens is 5. The molecule has 1 aliphatic rings. The first-order valence-corrected chi connectivity index (χ1v) is 16.5. The number of hydrogen-bond acceptors (Lipinski definition) is 9. The van der Waals surface area contributed by atoms with Crippen molar-refractivity contribution in [2.75, 3.05) is 13.1 Å². The largest absolute Gasteiger partial charge is 0.443 e. The van der Waals surface area contributed by atoms with E-state index >= 15 is 0 Å². The van der Waals surface area contributed by atoms with Crippen LogP contribution in [0, 0.1) is 12.8 Å². The van der Waals surface area contributed by atoms with E-state index < -0.39 is 41.8 Å². The Morgan fingerprint density at radius 2 is 1.83 bits per heavy atom. The summed E-state index contributed by atoms with van der Waals surface area (Å²) >= 11 is 1.25. The molecule has 3 N–H and O–H groups in total. The van der Waals surface area contributed by atoms with Crippen molar-refractivity contribution in [3.05, 3.63) is 93.5 Å². The van der Waals surface area contributed by atoms with Crippen LogP contribution in [0.15, 0.2) is 58.7 Å². The molecule has 0 unspecified atom stereocenters. The topological polar surface area (TPSA) is 169 Å². The van der Waals surface area contributed by atoms with E-state index in [1.54, 1.807) is 47.8 Å². The first kappa shape index (κ1) is 32.6. The van der Waals surface area contributed by atoms with Crippen molar-refractivity contribution >= 4 is 40.6 Å². The molecule has 0 aliphatic carbocycles. The number of amides is 4. The fourth-order valence-electron chi connectivity index (χ4n) is 5.76. The van der Waals surface area contributed by atoms with Gasteiger partial charge in [-0.1, -0.05) is 44.2 Å². The Hall–Kier alpha value is -5.31. The van der Waals surface area contributed by atoms with Gasteiger partial charge in [0.25, 0.3) is 17.7 Å². The van der Waals surface area contributed by atoms with Crippen LogP contribution >= 0.6 is 11.3 Å². The van der Waals surface area contributed by atoms with E-state index in [2.05, 4.69) is 31.0 Å². The molecule has 0 saturated heterocycles. The minimum absolute atomic E-state index is 0.00666. The second kappa shape index (κ2) is 13.4. The third kappa shape index (κ3) is 6.72. The van der Waals surface area contributed by atoms with Crippen LogP contribution in [0.4, 0.5) is 0 Å². The first-order valence-electron chi connectivity index (χ1n) is 15.6. The van der Waals surface area contributed by atoms with Crippen molar-refractivity contribution < 1.29 is 23.6 Å². The Bertz CT molecular complexity index is 1970. The van der Waals surface area contributed by atoms with E-state index in [4.69, 9.17) is 4.42 Å². The molecule has 250 valence electrons. The van der Waals surface area contributed by atoms with Crippen LogP contribution in [0.5, 0.6) is 0 Å². The number of rotatable bonds is 4. The highest BCUT2D eigenvalue weighted by molar-refractivity contribution is 7.09. The van der Waals surface area contributed by atoms with Gasteiger partial charge in [-0.3, -0.25) is 19.2 Å². The Balaban J connectivity index is 1.41. The van der Waals surface area contributed by atoms with Crippen LogP contribution in [0.25, 0.3) is 5.65 Å². The SMILES string of the molecule is Cc1oc2nc1C(=O)N[C@H](C)c1nc(cs1)C(=O)N[C@H](Cc1ccccc1)CN(C(=O)c1cnn3ccn(C)c13)CC(=O)N[C@H]2C(C)C. The molecule has 5 heterocycles. The first-order chi connectivity index (χ1) is 23.0. The molecule has 15 heteroatoms. The quantitative estimate of drug-likeness (QED) is 0.262. The number of benzene rings is 1. The lowest BCUT2D eigenvalue weighted by Crippen LogP contribution is -2.50. The number of hydrogen-bond donors (Lipinski definition) is 3. The van der Waals surface area contributed by atoms with Gasteiger partial charge in [-0.15, -0.1) is 11.3 Å². The van der Waals surface area contributed by atoms with Crippen molar-refractivity contribution in [1.29, 1.82) is 0 Å². The molecule has 3 atom stereocenters. The van der Waals surface area contributed by atoms with Crippen molar-refractivity contribution in [2.24, 2.45) is 13.0 Å². The minimum atomic E-state index is -0.692. The minimum Gasteiger partial charge on any atom is -0.443 e. The molecule has 4 aromatic heterocycles. The van der Waals surface area contributed by atoms with Gasteiger partial charge in [0.05, 0.1) is 24.8 Å². The number of carbonyl (C=O) groups excluding carboxylic acids is 4. The van der Waals surface area contributed by atoms with E-state index in [0.29, 0.717) is 28.4 Å². The zero-order chi connectivity index (χ0) is 34.1. The second-order valence-electron chi connectivity index (χ2n) is 12.3. The highest BCUT2D eigenvalue weighted by Crippen LogP contribution is 2.25. The van der Waals surface area contributed by atoms with Gasteiger partial charge < -0.3 is 29.8 Å². The Morgan fingerprint density at radius 1 is 1.06 bits per heavy atom. The molecule has 0 radical (unpaired) electrons. The molecule has 0 fully saturated rings. The number of oxazole rings is 1. The van der Waals surface area contributed by atoms with Crippen LogP contribution in [0.3, 0.4) is 0 Å². The van der Waals surface area contributed by atoms with Crippen LogP contribution in [0.2, 0.25) is 0 Å². The van der Waals surface area contributed by atoms with Crippen LogP contribution < -0.4 is 16.0 Å². The maximum atomic E-state index is 14.3. The lowest BCUT2D eigenvalue weighted by Gasteiger charge is -2.29. The van der Waals surface area contributed by atoms with Crippen molar-refractivity contribution in [1.82, 2.24) is 45.0 Å². The summed E-state index contributed by atoms with van der Waals surface area (Å²) in [7, 11) is 1.81. The Morgan fingerprint density at radius 3 is 2.58 bits per heavy atom. The second-order valence-corrected chi connectivity index (χ2v) is 13.2. The predicted molar refractivity (Wildman–Crippen MR) is 176 cm³/mol. The summed E-state index contributed by atoms with van der Waals surface area (Å²) in [6, 6.07) is 7.76. The third-order valence-electron chi connectivity index (χ3n) is 8.24.